The van der Waals surface area contributed by atoms with Gasteiger partial charge < -0.3 is 49.3 Å². The van der Waals surface area contributed by atoms with Crippen LogP contribution in [-0.4, -0.2) is 99.3 Å². The quantitative estimate of drug-likeness (QED) is 0.0444. The fourth-order valence-electron chi connectivity index (χ4n) is 5.08. The lowest BCUT2D eigenvalue weighted by Gasteiger charge is -2.21. The number of aliphatic hydroxyl groups is 2. The molecule has 0 saturated heterocycles. The van der Waals surface area contributed by atoms with Crippen molar-refractivity contribution in [2.45, 2.75) is 26.1 Å². The number of fused-ring (bicyclic) bond motifs is 2. The van der Waals surface area contributed by atoms with E-state index < -0.39 is 36.3 Å². The van der Waals surface area contributed by atoms with Crippen LogP contribution in [-0.2, 0) is 28.5 Å². The summed E-state index contributed by atoms with van der Waals surface area (Å²) in [4.78, 5) is 47.1. The molecule has 54 heavy (non-hydrogen) atoms. The number of alkyl carbamates (subject to hydrolysis) is 2. The molecule has 0 fully saturated rings. The number of hydrogen-bond acceptors (Lipinski definition) is 12. The fraction of sp³-hybridized carbons (Fsp3) is 0.300. The monoisotopic (exact) mass is 744 g/mol. The van der Waals surface area contributed by atoms with Crippen molar-refractivity contribution < 1.29 is 57.8 Å². The van der Waals surface area contributed by atoms with Crippen LogP contribution in [0.3, 0.4) is 0 Å². The van der Waals surface area contributed by atoms with Gasteiger partial charge >= 0.3 is 24.1 Å². The summed E-state index contributed by atoms with van der Waals surface area (Å²) in [5, 5.41) is 29.7. The first kappa shape index (κ1) is 40.6. The van der Waals surface area contributed by atoms with Crippen molar-refractivity contribution in [3.8, 4) is 22.6 Å². The van der Waals surface area contributed by atoms with Gasteiger partial charge in [-0.15, -0.1) is 0 Å². The molecule has 0 aliphatic heterocycles. The van der Waals surface area contributed by atoms with E-state index in [-0.39, 0.29) is 58.3 Å². The van der Waals surface area contributed by atoms with Gasteiger partial charge in [0.15, 0.2) is 0 Å². The summed E-state index contributed by atoms with van der Waals surface area (Å²) in [6.07, 6.45) is -1.19. The molecule has 0 heterocycles. The maximum absolute atomic E-state index is 12.1. The highest BCUT2D eigenvalue weighted by molar-refractivity contribution is 6.09. The Morgan fingerprint density at radius 2 is 1.13 bits per heavy atom. The largest absolute Gasteiger partial charge is 0.490 e. The zero-order chi connectivity index (χ0) is 38.9. The summed E-state index contributed by atoms with van der Waals surface area (Å²) in [7, 11) is 0. The smallest absolute Gasteiger partial charge is 0.407 e. The number of aliphatic hydroxyl groups excluding tert-OH is 2. The Labute approximate surface area is 312 Å². The van der Waals surface area contributed by atoms with Gasteiger partial charge in [0, 0.05) is 22.8 Å². The van der Waals surface area contributed by atoms with Gasteiger partial charge in [-0.1, -0.05) is 73.3 Å². The molecule has 0 aliphatic rings. The highest BCUT2D eigenvalue weighted by Gasteiger charge is 2.21. The molecule has 14 nitrogen and oxygen atoms in total. The second kappa shape index (κ2) is 20.8. The van der Waals surface area contributed by atoms with Crippen LogP contribution in [0.15, 0.2) is 97.1 Å². The van der Waals surface area contributed by atoms with Gasteiger partial charge in [0.25, 0.3) is 0 Å². The Morgan fingerprint density at radius 3 is 1.59 bits per heavy atom. The summed E-state index contributed by atoms with van der Waals surface area (Å²) in [6.45, 7) is 5.41. The molecule has 4 N–H and O–H groups in total. The predicted octanol–water partition coefficient (Wildman–Crippen LogP) is 4.83. The van der Waals surface area contributed by atoms with Crippen LogP contribution in [0.25, 0.3) is 32.7 Å². The Hall–Kier alpha value is -6.12. The van der Waals surface area contributed by atoms with E-state index in [1.165, 1.54) is 19.1 Å². The Morgan fingerprint density at radius 1 is 0.667 bits per heavy atom. The highest BCUT2D eigenvalue weighted by atomic mass is 16.6. The number of carbonyl (C=O) groups is 4. The number of carbonyl (C=O) groups excluding carboxylic acids is 4. The van der Waals surface area contributed by atoms with E-state index in [2.05, 4.69) is 17.2 Å². The zero-order valence-electron chi connectivity index (χ0n) is 30.1. The fourth-order valence-corrected chi connectivity index (χ4v) is 5.08. The molecule has 0 aliphatic carbocycles. The van der Waals surface area contributed by atoms with E-state index >= 15 is 0 Å². The van der Waals surface area contributed by atoms with E-state index in [1.54, 1.807) is 19.1 Å². The van der Waals surface area contributed by atoms with Crippen LogP contribution >= 0.6 is 0 Å². The van der Waals surface area contributed by atoms with Gasteiger partial charge in [0.2, 0.25) is 0 Å². The lowest BCUT2D eigenvalue weighted by molar-refractivity contribution is -0.139. The Bertz CT molecular complexity index is 1960. The van der Waals surface area contributed by atoms with Gasteiger partial charge in [0.1, 0.15) is 63.3 Å². The molecule has 0 spiro atoms. The van der Waals surface area contributed by atoms with E-state index in [0.29, 0.717) is 22.6 Å². The number of hydrogen-bond donors (Lipinski definition) is 4. The second-order valence-corrected chi connectivity index (χ2v) is 11.9. The van der Waals surface area contributed by atoms with E-state index in [4.69, 9.17) is 28.4 Å². The normalized spacial score (nSPS) is 12.1. The molecule has 286 valence electrons. The van der Waals surface area contributed by atoms with Crippen molar-refractivity contribution in [2.75, 3.05) is 52.7 Å². The van der Waals surface area contributed by atoms with Gasteiger partial charge in [-0.25, -0.2) is 19.2 Å². The Balaban J connectivity index is 1.45. The third kappa shape index (κ3) is 12.2. The Kier molecular flexibility index (Phi) is 15.7. The summed E-state index contributed by atoms with van der Waals surface area (Å²) in [5.74, 6) is -0.277. The first-order chi connectivity index (χ1) is 26.1. The average molecular weight is 745 g/mol. The molecule has 2 amide bonds. The van der Waals surface area contributed by atoms with Crippen LogP contribution in [0, 0.1) is 0 Å². The molecule has 0 bridgehead atoms. The maximum Gasteiger partial charge on any atom is 0.407 e. The standard InChI is InChI=1S/C40H44N2O12/c1-4-9-35(45)49-20-18-41-39(47)53-24-29(43)22-51-33-16-14-27-10-5-7-12-31(27)36(33)37-32-13-8-6-11-28(32)15-17-34(37)52-23-30(44)25-54-40(48)42-19-21-50-38(46)26(2)3/h4-17,29-30,43-44H,2,18-25H2,1,3H3,(H,41,47)(H,42,48). The van der Waals surface area contributed by atoms with Crippen LogP contribution in [0.5, 0.6) is 11.5 Å². The van der Waals surface area contributed by atoms with Gasteiger partial charge in [-0.3, -0.25) is 0 Å². The van der Waals surface area contributed by atoms with Gasteiger partial charge in [0.05, 0.1) is 13.1 Å². The second-order valence-electron chi connectivity index (χ2n) is 11.9. The molecule has 2 atom stereocenters. The average Bonchev–Trinajstić information content (AvgIpc) is 3.17. The third-order valence-electron chi connectivity index (χ3n) is 7.58. The minimum atomic E-state index is -1.19. The van der Waals surface area contributed by atoms with Crippen molar-refractivity contribution in [1.29, 1.82) is 0 Å². The summed E-state index contributed by atoms with van der Waals surface area (Å²) in [6, 6.07) is 22.7. The van der Waals surface area contributed by atoms with Crippen LogP contribution < -0.4 is 20.1 Å². The number of benzene rings is 4. The number of esters is 2. The molecule has 0 radical (unpaired) electrons. The van der Waals surface area contributed by atoms with Gasteiger partial charge in [-0.2, -0.15) is 0 Å². The number of rotatable bonds is 19. The number of amides is 2. The summed E-state index contributed by atoms with van der Waals surface area (Å²) < 4.78 is 32.4. The summed E-state index contributed by atoms with van der Waals surface area (Å²) in [5.41, 5.74) is 1.56. The zero-order valence-corrected chi connectivity index (χ0v) is 30.1. The third-order valence-corrected chi connectivity index (χ3v) is 7.58. The molecular weight excluding hydrogens is 700 g/mol. The number of ether oxygens (including phenoxy) is 6. The SMILES string of the molecule is C=C(C)C(=O)OCCNC(=O)OCC(O)COc1ccc2ccccc2c1-c1c(OCC(O)COC(=O)NCCOC(=O)C=CC)ccc2ccccc12. The van der Waals surface area contributed by atoms with Crippen LogP contribution in [0.4, 0.5) is 9.59 Å². The number of allylic oxidation sites excluding steroid dienone is 1. The van der Waals surface area contributed by atoms with E-state index in [1.807, 2.05) is 60.7 Å². The van der Waals surface area contributed by atoms with Crippen molar-refractivity contribution in [2.24, 2.45) is 0 Å². The van der Waals surface area contributed by atoms with E-state index in [9.17, 15) is 29.4 Å². The van der Waals surface area contributed by atoms with Crippen molar-refractivity contribution in [3.05, 3.63) is 97.1 Å². The molecule has 14 heteroatoms. The molecule has 4 rings (SSSR count). The lowest BCUT2D eigenvalue weighted by Crippen LogP contribution is -2.32. The van der Waals surface area contributed by atoms with Crippen molar-refractivity contribution in [1.82, 2.24) is 10.6 Å². The molecule has 4 aromatic carbocycles. The minimum Gasteiger partial charge on any atom is -0.490 e. The minimum absolute atomic E-state index is 0.0111. The molecule has 4 aromatic rings. The molecule has 0 saturated carbocycles. The lowest BCUT2D eigenvalue weighted by atomic mass is 9.92. The van der Waals surface area contributed by atoms with Crippen LogP contribution in [0.1, 0.15) is 13.8 Å². The first-order valence-electron chi connectivity index (χ1n) is 17.2. The summed E-state index contributed by atoms with van der Waals surface area (Å²) >= 11 is 0. The molecule has 2 unspecified atom stereocenters. The topological polar surface area (TPSA) is 188 Å². The molecular formula is C40H44N2O12. The number of nitrogens with one attached hydrogen (secondary N) is 2. The molecule has 0 aromatic heterocycles. The van der Waals surface area contributed by atoms with Crippen LogP contribution in [0.2, 0.25) is 0 Å². The van der Waals surface area contributed by atoms with Gasteiger partial charge in [-0.05, 0) is 47.5 Å². The van der Waals surface area contributed by atoms with E-state index in [0.717, 1.165) is 21.5 Å². The van der Waals surface area contributed by atoms with Crippen molar-refractivity contribution >= 4 is 45.7 Å². The first-order valence-corrected chi connectivity index (χ1v) is 17.2. The highest BCUT2D eigenvalue weighted by Crippen LogP contribution is 2.45. The van der Waals surface area contributed by atoms with Crippen molar-refractivity contribution in [3.63, 3.8) is 0 Å². The predicted molar refractivity (Wildman–Crippen MR) is 200 cm³/mol. The maximum atomic E-state index is 12.1.